The number of nitrogens with two attached hydrogens (primary N) is 2. The van der Waals surface area contributed by atoms with Crippen LogP contribution in [-0.4, -0.2) is 111 Å². The molecule has 0 spiro atoms. The summed E-state index contributed by atoms with van der Waals surface area (Å²) in [6.07, 6.45) is 9.18. The first-order chi connectivity index (χ1) is 18.2. The van der Waals surface area contributed by atoms with E-state index in [1.807, 2.05) is 6.21 Å². The number of rotatable bonds is 11. The number of amides is 1. The number of piperidine rings is 1. The van der Waals surface area contributed by atoms with Gasteiger partial charge in [0.2, 0.25) is 5.91 Å². The van der Waals surface area contributed by atoms with Crippen LogP contribution in [-0.2, 0) is 9.53 Å². The molecule has 6 N–H and O–H groups in total. The number of nitrogens with zero attached hydrogens (tertiary/aromatic N) is 3. The van der Waals surface area contributed by atoms with E-state index in [2.05, 4.69) is 41.3 Å². The van der Waals surface area contributed by atoms with Gasteiger partial charge in [-0.15, -0.1) is 11.6 Å². The number of methoxy groups -OCH3 is 1. The van der Waals surface area contributed by atoms with E-state index in [-0.39, 0.29) is 34.8 Å². The SMILES string of the molecule is CCCC1(CCC)CCC(Cl)C=NC(C(C(=O)NC2CNCCC2N2CCN(C)C(COC)C2)C(N)N)C1. The Hall–Kier alpha value is -0.810. The van der Waals surface area contributed by atoms with Gasteiger partial charge in [-0.2, -0.15) is 0 Å². The third-order valence-corrected chi connectivity index (χ3v) is 9.47. The van der Waals surface area contributed by atoms with Crippen LogP contribution >= 0.6 is 11.6 Å². The molecule has 3 rings (SSSR count). The summed E-state index contributed by atoms with van der Waals surface area (Å²) in [5.74, 6) is -0.686. The Kier molecular flexibility index (Phi) is 12.7. The fourth-order valence-electron chi connectivity index (χ4n) is 7.14. The summed E-state index contributed by atoms with van der Waals surface area (Å²) in [7, 11) is 3.92. The molecule has 0 radical (unpaired) electrons. The minimum absolute atomic E-state index is 0.0153. The number of hydrogen-bond acceptors (Lipinski definition) is 8. The highest BCUT2D eigenvalue weighted by molar-refractivity contribution is 6.28. The Morgan fingerprint density at radius 3 is 2.66 bits per heavy atom. The third kappa shape index (κ3) is 8.35. The van der Waals surface area contributed by atoms with Crippen molar-refractivity contribution in [1.82, 2.24) is 20.4 Å². The normalized spacial score (nSPS) is 32.1. The highest BCUT2D eigenvalue weighted by Crippen LogP contribution is 2.43. The number of carbonyl (C=O) groups excluding carboxylic acids is 1. The lowest BCUT2D eigenvalue weighted by Crippen LogP contribution is -2.66. The van der Waals surface area contributed by atoms with E-state index in [4.69, 9.17) is 32.8 Å². The first kappa shape index (κ1) is 31.7. The van der Waals surface area contributed by atoms with E-state index in [0.717, 1.165) is 84.1 Å². The smallest absolute Gasteiger partial charge is 0.228 e. The number of carbonyl (C=O) groups is 1. The molecule has 9 nitrogen and oxygen atoms in total. The van der Waals surface area contributed by atoms with Gasteiger partial charge >= 0.3 is 0 Å². The van der Waals surface area contributed by atoms with Crippen LogP contribution in [0.5, 0.6) is 0 Å². The minimum atomic E-state index is -0.795. The second kappa shape index (κ2) is 15.3. The van der Waals surface area contributed by atoms with Crippen molar-refractivity contribution in [3.63, 3.8) is 0 Å². The molecule has 0 aromatic carbocycles. The summed E-state index contributed by atoms with van der Waals surface area (Å²) < 4.78 is 5.48. The average Bonchev–Trinajstić information content (AvgIpc) is 2.87. The number of ether oxygens (including phenoxy) is 1. The highest BCUT2D eigenvalue weighted by Gasteiger charge is 2.42. The first-order valence-corrected chi connectivity index (χ1v) is 15.3. The molecular formula is C28H54ClN7O2. The van der Waals surface area contributed by atoms with Crippen molar-refractivity contribution in [2.24, 2.45) is 27.8 Å². The lowest BCUT2D eigenvalue weighted by Gasteiger charge is -2.47. The molecule has 3 aliphatic rings. The number of alkyl halides is 1. The van der Waals surface area contributed by atoms with Crippen LogP contribution in [0.3, 0.4) is 0 Å². The molecule has 3 aliphatic heterocycles. The molecule has 10 heteroatoms. The van der Waals surface area contributed by atoms with E-state index in [1.54, 1.807) is 7.11 Å². The zero-order valence-electron chi connectivity index (χ0n) is 24.2. The number of likely N-dealkylation sites (N-methyl/N-ethyl adjacent to an activating group) is 1. The van der Waals surface area contributed by atoms with Gasteiger partial charge in [0, 0.05) is 51.6 Å². The summed E-state index contributed by atoms with van der Waals surface area (Å²) in [6, 6.07) is 0.316. The molecule has 0 bridgehead atoms. The Bertz CT molecular complexity index is 749. The molecule has 6 unspecified atom stereocenters. The van der Waals surface area contributed by atoms with Crippen LogP contribution in [0.4, 0.5) is 0 Å². The lowest BCUT2D eigenvalue weighted by molar-refractivity contribution is -0.128. The maximum Gasteiger partial charge on any atom is 0.228 e. The van der Waals surface area contributed by atoms with Crippen molar-refractivity contribution >= 4 is 23.7 Å². The topological polar surface area (TPSA) is 121 Å². The molecule has 2 saturated heterocycles. The summed E-state index contributed by atoms with van der Waals surface area (Å²) in [5.41, 5.74) is 12.8. The van der Waals surface area contributed by atoms with E-state index in [9.17, 15) is 4.79 Å². The second-order valence-electron chi connectivity index (χ2n) is 12.0. The molecule has 2 fully saturated rings. The van der Waals surface area contributed by atoms with Gasteiger partial charge in [0.1, 0.15) is 0 Å². The summed E-state index contributed by atoms with van der Waals surface area (Å²) in [5, 5.41) is 6.74. The van der Waals surface area contributed by atoms with Crippen molar-refractivity contribution in [2.75, 3.05) is 53.5 Å². The maximum absolute atomic E-state index is 14.0. The number of aliphatic imine (C=N–C) groups is 1. The molecule has 1 amide bonds. The van der Waals surface area contributed by atoms with E-state index >= 15 is 0 Å². The summed E-state index contributed by atoms with van der Waals surface area (Å²) >= 11 is 6.62. The van der Waals surface area contributed by atoms with Crippen LogP contribution in [0.1, 0.15) is 65.2 Å². The molecule has 3 heterocycles. The van der Waals surface area contributed by atoms with Gasteiger partial charge in [-0.05, 0) is 57.5 Å². The van der Waals surface area contributed by atoms with Crippen molar-refractivity contribution in [3.8, 4) is 0 Å². The molecule has 0 aromatic rings. The zero-order valence-corrected chi connectivity index (χ0v) is 25.0. The van der Waals surface area contributed by atoms with Crippen LogP contribution in [0.25, 0.3) is 0 Å². The van der Waals surface area contributed by atoms with Gasteiger partial charge in [0.15, 0.2) is 0 Å². The van der Waals surface area contributed by atoms with Crippen molar-refractivity contribution in [1.29, 1.82) is 0 Å². The molecule has 6 atom stereocenters. The number of nitrogens with one attached hydrogen (secondary N) is 2. The Balaban J connectivity index is 1.79. The predicted molar refractivity (Wildman–Crippen MR) is 157 cm³/mol. The van der Waals surface area contributed by atoms with Crippen molar-refractivity contribution in [2.45, 2.75) is 101 Å². The van der Waals surface area contributed by atoms with E-state index in [1.165, 1.54) is 0 Å². The Labute approximate surface area is 235 Å². The van der Waals surface area contributed by atoms with Crippen LogP contribution < -0.4 is 22.1 Å². The number of piperazine rings is 1. The van der Waals surface area contributed by atoms with Crippen LogP contribution in [0, 0.1) is 11.3 Å². The maximum atomic E-state index is 14.0. The van der Waals surface area contributed by atoms with Crippen LogP contribution in [0.15, 0.2) is 4.99 Å². The largest absolute Gasteiger partial charge is 0.383 e. The zero-order chi connectivity index (χ0) is 27.7. The fourth-order valence-corrected chi connectivity index (χ4v) is 7.31. The molecule has 38 heavy (non-hydrogen) atoms. The number of halogens is 1. The van der Waals surface area contributed by atoms with Gasteiger partial charge in [-0.25, -0.2) is 0 Å². The number of hydrogen-bond donors (Lipinski definition) is 4. The molecule has 220 valence electrons. The van der Waals surface area contributed by atoms with E-state index < -0.39 is 12.1 Å². The standard InChI is InChI=1S/C28H54ClN7O2/c1-5-9-28(10-6-2)11-7-20(29)16-33-22(15-28)25(26(30)31)27(37)34-23-17-32-12-8-24(23)36-14-13-35(3)21(18-36)19-38-4/h16,20-26,32H,5-15,17-19,30-31H2,1-4H3,(H,34,37). The third-order valence-electron chi connectivity index (χ3n) is 9.13. The van der Waals surface area contributed by atoms with Gasteiger partial charge in [-0.3, -0.25) is 19.6 Å². The lowest BCUT2D eigenvalue weighted by atomic mass is 9.68. The van der Waals surface area contributed by atoms with E-state index in [0.29, 0.717) is 12.6 Å². The highest BCUT2D eigenvalue weighted by atomic mass is 35.5. The summed E-state index contributed by atoms with van der Waals surface area (Å²) in [6.45, 7) is 9.75. The predicted octanol–water partition coefficient (Wildman–Crippen LogP) is 1.77. The van der Waals surface area contributed by atoms with Gasteiger partial charge in [0.05, 0.1) is 36.2 Å². The monoisotopic (exact) mass is 555 g/mol. The second-order valence-corrected chi connectivity index (χ2v) is 12.5. The minimum Gasteiger partial charge on any atom is -0.383 e. The average molecular weight is 556 g/mol. The summed E-state index contributed by atoms with van der Waals surface area (Å²) in [4.78, 5) is 23.7. The van der Waals surface area contributed by atoms with Gasteiger partial charge in [0.25, 0.3) is 0 Å². The molecule has 0 aromatic heterocycles. The Morgan fingerprint density at radius 1 is 1.26 bits per heavy atom. The van der Waals surface area contributed by atoms with Gasteiger partial charge in [-0.1, -0.05) is 26.7 Å². The first-order valence-electron chi connectivity index (χ1n) is 14.9. The molecular weight excluding hydrogens is 502 g/mol. The van der Waals surface area contributed by atoms with Crippen molar-refractivity contribution in [3.05, 3.63) is 0 Å². The fraction of sp³-hybridized carbons (Fsp3) is 0.929. The van der Waals surface area contributed by atoms with Crippen molar-refractivity contribution < 1.29 is 9.53 Å². The Morgan fingerprint density at radius 2 is 2.00 bits per heavy atom. The molecule has 0 saturated carbocycles. The molecule has 0 aliphatic carbocycles. The van der Waals surface area contributed by atoms with Gasteiger partial charge < -0.3 is 26.8 Å². The quantitative estimate of drug-likeness (QED) is 0.226. The van der Waals surface area contributed by atoms with Crippen LogP contribution in [0.2, 0.25) is 0 Å².